The van der Waals surface area contributed by atoms with Crippen LogP contribution < -0.4 is 5.73 Å². The number of ether oxygens (including phenoxy) is 1. The van der Waals surface area contributed by atoms with Gasteiger partial charge in [-0.05, 0) is 19.4 Å². The van der Waals surface area contributed by atoms with Crippen LogP contribution in [0.1, 0.15) is 45.4 Å². The molecule has 0 aliphatic heterocycles. The van der Waals surface area contributed by atoms with Crippen molar-refractivity contribution in [3.05, 3.63) is 0 Å². The summed E-state index contributed by atoms with van der Waals surface area (Å²) in [6, 6.07) is 0. The Bertz CT molecular complexity index is 198. The summed E-state index contributed by atoms with van der Waals surface area (Å²) in [6.45, 7) is 2.89. The molecule has 0 aromatic carbocycles. The standard InChI is InChI=1S/C11H21NO3.ClH/c1-2-3-4-5-9-15-11(14)10(13)7-6-8-12;/h2-9,12H2,1H3;1H. The van der Waals surface area contributed by atoms with E-state index in [1.54, 1.807) is 0 Å². The summed E-state index contributed by atoms with van der Waals surface area (Å²) in [7, 11) is 0. The van der Waals surface area contributed by atoms with E-state index in [9.17, 15) is 9.59 Å². The van der Waals surface area contributed by atoms with E-state index >= 15 is 0 Å². The van der Waals surface area contributed by atoms with Crippen LogP contribution in [0.15, 0.2) is 0 Å². The lowest BCUT2D eigenvalue weighted by Gasteiger charge is -2.03. The molecule has 5 heteroatoms. The van der Waals surface area contributed by atoms with Gasteiger partial charge in [-0.1, -0.05) is 26.2 Å². The van der Waals surface area contributed by atoms with Gasteiger partial charge in [0.05, 0.1) is 6.61 Å². The molecule has 0 fully saturated rings. The first-order valence-electron chi connectivity index (χ1n) is 5.62. The van der Waals surface area contributed by atoms with Gasteiger partial charge in [-0.25, -0.2) is 4.79 Å². The Kier molecular flexibility index (Phi) is 13.8. The van der Waals surface area contributed by atoms with Gasteiger partial charge in [-0.15, -0.1) is 12.4 Å². The highest BCUT2D eigenvalue weighted by atomic mass is 35.5. The summed E-state index contributed by atoms with van der Waals surface area (Å²) in [6.07, 6.45) is 4.90. The molecule has 0 aliphatic rings. The molecule has 0 spiro atoms. The van der Waals surface area contributed by atoms with Crippen molar-refractivity contribution >= 4 is 24.2 Å². The van der Waals surface area contributed by atoms with Gasteiger partial charge in [0.1, 0.15) is 0 Å². The van der Waals surface area contributed by atoms with E-state index in [1.807, 2.05) is 0 Å². The average Bonchev–Trinajstić information content (AvgIpc) is 2.25. The van der Waals surface area contributed by atoms with Gasteiger partial charge in [0, 0.05) is 6.42 Å². The lowest BCUT2D eigenvalue weighted by Crippen LogP contribution is -2.18. The maximum Gasteiger partial charge on any atom is 0.374 e. The fourth-order valence-corrected chi connectivity index (χ4v) is 1.14. The molecule has 0 aliphatic carbocycles. The second-order valence-corrected chi connectivity index (χ2v) is 3.51. The van der Waals surface area contributed by atoms with Gasteiger partial charge in [0.15, 0.2) is 0 Å². The quantitative estimate of drug-likeness (QED) is 0.386. The lowest BCUT2D eigenvalue weighted by atomic mass is 10.2. The van der Waals surface area contributed by atoms with Crippen LogP contribution in [0.4, 0.5) is 0 Å². The second-order valence-electron chi connectivity index (χ2n) is 3.51. The van der Waals surface area contributed by atoms with Crippen molar-refractivity contribution < 1.29 is 14.3 Å². The normalized spacial score (nSPS) is 9.38. The Labute approximate surface area is 103 Å². The van der Waals surface area contributed by atoms with Crippen molar-refractivity contribution in [2.24, 2.45) is 5.73 Å². The molecular weight excluding hydrogens is 230 g/mol. The first-order valence-corrected chi connectivity index (χ1v) is 5.62. The SMILES string of the molecule is CCCCCCOC(=O)C(=O)CCCN.Cl. The Morgan fingerprint density at radius 2 is 1.81 bits per heavy atom. The molecule has 2 N–H and O–H groups in total. The van der Waals surface area contributed by atoms with Crippen LogP contribution in [-0.2, 0) is 14.3 Å². The second kappa shape index (κ2) is 12.5. The predicted octanol–water partition coefficient (Wildman–Crippen LogP) is 1.84. The van der Waals surface area contributed by atoms with E-state index in [-0.39, 0.29) is 18.8 Å². The van der Waals surface area contributed by atoms with Gasteiger partial charge in [0.25, 0.3) is 0 Å². The molecule has 0 saturated carbocycles. The number of ketones is 1. The minimum atomic E-state index is -0.708. The van der Waals surface area contributed by atoms with Crippen LogP contribution >= 0.6 is 12.4 Å². The highest BCUT2D eigenvalue weighted by Gasteiger charge is 2.13. The average molecular weight is 252 g/mol. The third-order valence-corrected chi connectivity index (χ3v) is 2.07. The molecule has 96 valence electrons. The molecule has 0 unspecified atom stereocenters. The third-order valence-electron chi connectivity index (χ3n) is 2.07. The van der Waals surface area contributed by atoms with Crippen molar-refractivity contribution in [2.45, 2.75) is 45.4 Å². The Morgan fingerprint density at radius 1 is 1.12 bits per heavy atom. The molecule has 0 rings (SSSR count). The van der Waals surface area contributed by atoms with E-state index in [1.165, 1.54) is 0 Å². The summed E-state index contributed by atoms with van der Waals surface area (Å²) >= 11 is 0. The molecule has 0 aromatic rings. The fraction of sp³-hybridized carbons (Fsp3) is 0.818. The van der Waals surface area contributed by atoms with E-state index in [4.69, 9.17) is 10.5 Å². The number of carbonyl (C=O) groups excluding carboxylic acids is 2. The van der Waals surface area contributed by atoms with Gasteiger partial charge in [0.2, 0.25) is 5.78 Å². The topological polar surface area (TPSA) is 69.4 Å². The lowest BCUT2D eigenvalue weighted by molar-refractivity contribution is -0.154. The molecule has 0 aromatic heterocycles. The van der Waals surface area contributed by atoms with E-state index < -0.39 is 11.8 Å². The van der Waals surface area contributed by atoms with Crippen molar-refractivity contribution in [3.8, 4) is 0 Å². The minimum absolute atomic E-state index is 0. The number of hydrogen-bond donors (Lipinski definition) is 1. The summed E-state index contributed by atoms with van der Waals surface area (Å²) in [4.78, 5) is 22.2. The number of unbranched alkanes of at least 4 members (excludes halogenated alkanes) is 3. The van der Waals surface area contributed by atoms with Crippen LogP contribution in [0.25, 0.3) is 0 Å². The van der Waals surface area contributed by atoms with Gasteiger partial charge in [-0.2, -0.15) is 0 Å². The van der Waals surface area contributed by atoms with Crippen molar-refractivity contribution in [1.82, 2.24) is 0 Å². The van der Waals surface area contributed by atoms with Crippen LogP contribution in [0.5, 0.6) is 0 Å². The van der Waals surface area contributed by atoms with Crippen LogP contribution in [0.2, 0.25) is 0 Å². The van der Waals surface area contributed by atoms with Crippen LogP contribution in [0.3, 0.4) is 0 Å². The smallest absolute Gasteiger partial charge is 0.374 e. The molecule has 0 amide bonds. The number of rotatable bonds is 9. The molecule has 0 atom stereocenters. The Hall–Kier alpha value is -0.610. The molecule has 0 bridgehead atoms. The number of halogens is 1. The zero-order valence-electron chi connectivity index (χ0n) is 9.87. The van der Waals surface area contributed by atoms with Crippen LogP contribution in [-0.4, -0.2) is 24.9 Å². The molecule has 0 saturated heterocycles. The maximum absolute atomic E-state index is 11.1. The Balaban J connectivity index is 0. The summed E-state index contributed by atoms with van der Waals surface area (Å²) < 4.78 is 4.82. The fourth-order valence-electron chi connectivity index (χ4n) is 1.14. The van der Waals surface area contributed by atoms with E-state index in [2.05, 4.69) is 6.92 Å². The molecular formula is C11H22ClNO3. The maximum atomic E-state index is 11.1. The molecule has 16 heavy (non-hydrogen) atoms. The monoisotopic (exact) mass is 251 g/mol. The number of Topliss-reactive ketones (excluding diaryl/α,β-unsaturated/α-hetero) is 1. The van der Waals surface area contributed by atoms with Crippen molar-refractivity contribution in [3.63, 3.8) is 0 Å². The zero-order chi connectivity index (χ0) is 11.5. The highest BCUT2D eigenvalue weighted by molar-refractivity contribution is 6.33. The van der Waals surface area contributed by atoms with Crippen molar-refractivity contribution in [2.75, 3.05) is 13.2 Å². The van der Waals surface area contributed by atoms with Gasteiger partial charge < -0.3 is 10.5 Å². The number of carbonyl (C=O) groups is 2. The Morgan fingerprint density at radius 3 is 2.38 bits per heavy atom. The summed E-state index contributed by atoms with van der Waals surface area (Å²) in [5, 5.41) is 0. The zero-order valence-corrected chi connectivity index (χ0v) is 10.7. The van der Waals surface area contributed by atoms with Gasteiger partial charge in [-0.3, -0.25) is 4.79 Å². The minimum Gasteiger partial charge on any atom is -0.460 e. The highest BCUT2D eigenvalue weighted by Crippen LogP contribution is 2.00. The first-order chi connectivity index (χ1) is 7.22. The molecule has 4 nitrogen and oxygen atoms in total. The summed E-state index contributed by atoms with van der Waals surface area (Å²) in [5.74, 6) is -1.17. The number of nitrogens with two attached hydrogens (primary N) is 1. The molecule has 0 radical (unpaired) electrons. The predicted molar refractivity (Wildman–Crippen MR) is 65.6 cm³/mol. The van der Waals surface area contributed by atoms with Crippen molar-refractivity contribution in [1.29, 1.82) is 0 Å². The number of hydrogen-bond acceptors (Lipinski definition) is 4. The van der Waals surface area contributed by atoms with E-state index in [0.29, 0.717) is 19.6 Å². The van der Waals surface area contributed by atoms with Crippen LogP contribution in [0, 0.1) is 0 Å². The first kappa shape index (κ1) is 17.8. The molecule has 0 heterocycles. The third kappa shape index (κ3) is 9.93. The summed E-state index contributed by atoms with van der Waals surface area (Å²) in [5.41, 5.74) is 5.23. The largest absolute Gasteiger partial charge is 0.460 e. The van der Waals surface area contributed by atoms with E-state index in [0.717, 1.165) is 25.7 Å². The number of esters is 1. The van der Waals surface area contributed by atoms with Gasteiger partial charge >= 0.3 is 5.97 Å².